The monoisotopic (exact) mass is 292 g/mol. The summed E-state index contributed by atoms with van der Waals surface area (Å²) < 4.78 is 5.00. The average molecular weight is 292 g/mol. The largest absolute Gasteiger partial charge is 0.466 e. The fraction of sp³-hybridized carbons (Fsp3) is 0.533. The Morgan fingerprint density at radius 2 is 2.05 bits per heavy atom. The Kier molecular flexibility index (Phi) is 4.77. The molecule has 1 aliphatic heterocycles. The molecule has 1 aliphatic rings. The SMILES string of the molecule is CCOC(=O)C1CCN(C(=O)c2c[nH]c(C)cc2=O)CC1. The first-order valence-electron chi connectivity index (χ1n) is 7.18. The van der Waals surface area contributed by atoms with Crippen molar-refractivity contribution in [2.45, 2.75) is 26.7 Å². The van der Waals surface area contributed by atoms with E-state index in [9.17, 15) is 14.4 Å². The van der Waals surface area contributed by atoms with Gasteiger partial charge in [0.1, 0.15) is 5.56 Å². The maximum absolute atomic E-state index is 12.3. The fourth-order valence-corrected chi connectivity index (χ4v) is 2.49. The van der Waals surface area contributed by atoms with E-state index in [0.717, 1.165) is 5.69 Å². The number of nitrogens with one attached hydrogen (secondary N) is 1. The molecule has 0 unspecified atom stereocenters. The van der Waals surface area contributed by atoms with Crippen molar-refractivity contribution < 1.29 is 14.3 Å². The Labute approximate surface area is 123 Å². The third-order valence-electron chi connectivity index (χ3n) is 3.69. The lowest BCUT2D eigenvalue weighted by molar-refractivity contribution is -0.149. The molecular weight excluding hydrogens is 272 g/mol. The van der Waals surface area contributed by atoms with Crippen molar-refractivity contribution in [2.75, 3.05) is 19.7 Å². The van der Waals surface area contributed by atoms with Gasteiger partial charge >= 0.3 is 5.97 Å². The zero-order valence-corrected chi connectivity index (χ0v) is 12.3. The Morgan fingerprint density at radius 3 is 2.62 bits per heavy atom. The maximum Gasteiger partial charge on any atom is 0.309 e. The summed E-state index contributed by atoms with van der Waals surface area (Å²) in [5.41, 5.74) is 0.594. The fourth-order valence-electron chi connectivity index (χ4n) is 2.49. The van der Waals surface area contributed by atoms with E-state index in [2.05, 4.69) is 4.98 Å². The van der Waals surface area contributed by atoms with Crippen molar-refractivity contribution in [3.05, 3.63) is 33.7 Å². The van der Waals surface area contributed by atoms with Crippen LogP contribution in [0.1, 0.15) is 35.8 Å². The number of esters is 1. The van der Waals surface area contributed by atoms with Crippen LogP contribution in [-0.4, -0.2) is 41.5 Å². The van der Waals surface area contributed by atoms with Crippen molar-refractivity contribution in [3.63, 3.8) is 0 Å². The lowest BCUT2D eigenvalue weighted by Gasteiger charge is -2.30. The molecule has 21 heavy (non-hydrogen) atoms. The smallest absolute Gasteiger partial charge is 0.309 e. The van der Waals surface area contributed by atoms with Gasteiger partial charge in [-0.05, 0) is 26.7 Å². The van der Waals surface area contributed by atoms with E-state index < -0.39 is 0 Å². The molecule has 114 valence electrons. The van der Waals surface area contributed by atoms with Crippen LogP contribution in [0.3, 0.4) is 0 Å². The Morgan fingerprint density at radius 1 is 1.38 bits per heavy atom. The highest BCUT2D eigenvalue weighted by molar-refractivity contribution is 5.94. The number of hydrogen-bond acceptors (Lipinski definition) is 4. The summed E-state index contributed by atoms with van der Waals surface area (Å²) in [5, 5.41) is 0. The first kappa shape index (κ1) is 15.3. The number of pyridine rings is 1. The number of hydrogen-bond donors (Lipinski definition) is 1. The van der Waals surface area contributed by atoms with Gasteiger partial charge in [-0.25, -0.2) is 0 Å². The van der Waals surface area contributed by atoms with Gasteiger partial charge in [0.25, 0.3) is 5.91 Å². The van der Waals surface area contributed by atoms with Crippen LogP contribution in [0.5, 0.6) is 0 Å². The van der Waals surface area contributed by atoms with Crippen LogP contribution in [0.25, 0.3) is 0 Å². The van der Waals surface area contributed by atoms with Crippen LogP contribution < -0.4 is 5.43 Å². The van der Waals surface area contributed by atoms with E-state index in [0.29, 0.717) is 32.5 Å². The molecule has 1 aromatic heterocycles. The van der Waals surface area contributed by atoms with Gasteiger partial charge < -0.3 is 14.6 Å². The molecule has 6 nitrogen and oxygen atoms in total. The Balaban J connectivity index is 2.00. The van der Waals surface area contributed by atoms with Crippen LogP contribution >= 0.6 is 0 Å². The third kappa shape index (κ3) is 3.51. The minimum absolute atomic E-state index is 0.148. The molecule has 0 radical (unpaired) electrons. The molecule has 1 fully saturated rings. The highest BCUT2D eigenvalue weighted by Gasteiger charge is 2.29. The molecule has 1 saturated heterocycles. The summed E-state index contributed by atoms with van der Waals surface area (Å²) in [4.78, 5) is 40.3. The van der Waals surface area contributed by atoms with E-state index >= 15 is 0 Å². The zero-order chi connectivity index (χ0) is 15.4. The second kappa shape index (κ2) is 6.56. The van der Waals surface area contributed by atoms with Crippen LogP contribution in [0.15, 0.2) is 17.1 Å². The zero-order valence-electron chi connectivity index (χ0n) is 12.3. The number of piperidine rings is 1. The van der Waals surface area contributed by atoms with Crippen LogP contribution in [0.2, 0.25) is 0 Å². The highest BCUT2D eigenvalue weighted by Crippen LogP contribution is 2.19. The van der Waals surface area contributed by atoms with E-state index in [1.54, 1.807) is 18.7 Å². The minimum Gasteiger partial charge on any atom is -0.466 e. The number of carbonyl (C=O) groups excluding carboxylic acids is 2. The Hall–Kier alpha value is -2.11. The van der Waals surface area contributed by atoms with Gasteiger partial charge in [-0.15, -0.1) is 0 Å². The second-order valence-electron chi connectivity index (χ2n) is 5.21. The minimum atomic E-state index is -0.279. The number of rotatable bonds is 3. The number of carbonyl (C=O) groups is 2. The van der Waals surface area contributed by atoms with Crippen molar-refractivity contribution in [1.29, 1.82) is 0 Å². The number of H-pyrrole nitrogens is 1. The predicted octanol–water partition coefficient (Wildman–Crippen LogP) is 1.10. The van der Waals surface area contributed by atoms with Crippen LogP contribution in [0.4, 0.5) is 0 Å². The van der Waals surface area contributed by atoms with E-state index in [4.69, 9.17) is 4.74 Å². The van der Waals surface area contributed by atoms with Gasteiger partial charge in [-0.3, -0.25) is 14.4 Å². The number of nitrogens with zero attached hydrogens (tertiary/aromatic N) is 1. The Bertz CT molecular complexity index is 586. The summed E-state index contributed by atoms with van der Waals surface area (Å²) >= 11 is 0. The number of amides is 1. The quantitative estimate of drug-likeness (QED) is 0.846. The van der Waals surface area contributed by atoms with Crippen molar-refractivity contribution in [1.82, 2.24) is 9.88 Å². The maximum atomic E-state index is 12.3. The summed E-state index contributed by atoms with van der Waals surface area (Å²) in [7, 11) is 0. The first-order chi connectivity index (χ1) is 10.0. The number of aromatic amines is 1. The van der Waals surface area contributed by atoms with Gasteiger partial charge in [-0.2, -0.15) is 0 Å². The molecule has 0 saturated carbocycles. The normalized spacial score (nSPS) is 15.8. The van der Waals surface area contributed by atoms with Gasteiger partial charge in [0.15, 0.2) is 5.43 Å². The molecule has 0 atom stereocenters. The molecule has 2 heterocycles. The number of ether oxygens (including phenoxy) is 1. The van der Waals surface area contributed by atoms with Gasteiger partial charge in [0.05, 0.1) is 12.5 Å². The predicted molar refractivity (Wildman–Crippen MR) is 77.1 cm³/mol. The summed E-state index contributed by atoms with van der Waals surface area (Å²) in [6, 6.07) is 1.42. The third-order valence-corrected chi connectivity index (χ3v) is 3.69. The standard InChI is InChI=1S/C15H20N2O4/c1-3-21-15(20)11-4-6-17(7-5-11)14(19)12-9-16-10(2)8-13(12)18/h8-9,11H,3-7H2,1-2H3,(H,16,18). The average Bonchev–Trinajstić information content (AvgIpc) is 2.47. The lowest BCUT2D eigenvalue weighted by Crippen LogP contribution is -2.42. The molecule has 0 aromatic carbocycles. The van der Waals surface area contributed by atoms with Crippen molar-refractivity contribution in [2.24, 2.45) is 5.92 Å². The molecule has 0 bridgehead atoms. The number of aromatic nitrogens is 1. The molecule has 1 N–H and O–H groups in total. The first-order valence-corrected chi connectivity index (χ1v) is 7.18. The van der Waals surface area contributed by atoms with Gasteiger partial charge in [0.2, 0.25) is 0 Å². The van der Waals surface area contributed by atoms with Crippen molar-refractivity contribution >= 4 is 11.9 Å². The molecular formula is C15H20N2O4. The summed E-state index contributed by atoms with van der Waals surface area (Å²) in [5.74, 6) is -0.623. The molecule has 0 aliphatic carbocycles. The topological polar surface area (TPSA) is 79.5 Å². The second-order valence-corrected chi connectivity index (χ2v) is 5.21. The molecule has 1 amide bonds. The molecule has 6 heteroatoms. The van der Waals surface area contributed by atoms with Gasteiger partial charge in [-0.1, -0.05) is 0 Å². The summed E-state index contributed by atoms with van der Waals surface area (Å²) in [6.45, 7) is 4.85. The van der Waals surface area contributed by atoms with Crippen LogP contribution in [0, 0.1) is 12.8 Å². The highest BCUT2D eigenvalue weighted by atomic mass is 16.5. The van der Waals surface area contributed by atoms with E-state index in [1.807, 2.05) is 0 Å². The van der Waals surface area contributed by atoms with E-state index in [-0.39, 0.29) is 28.8 Å². The number of likely N-dealkylation sites (tertiary alicyclic amines) is 1. The molecule has 1 aromatic rings. The number of aryl methyl sites for hydroxylation is 1. The van der Waals surface area contributed by atoms with E-state index in [1.165, 1.54) is 12.3 Å². The molecule has 0 spiro atoms. The molecule has 2 rings (SSSR count). The van der Waals surface area contributed by atoms with Crippen molar-refractivity contribution in [3.8, 4) is 0 Å². The van der Waals surface area contributed by atoms with Crippen LogP contribution in [-0.2, 0) is 9.53 Å². The lowest BCUT2D eigenvalue weighted by atomic mass is 9.96. The summed E-state index contributed by atoms with van der Waals surface area (Å²) in [6.07, 6.45) is 2.61. The van der Waals surface area contributed by atoms with Gasteiger partial charge in [0, 0.05) is 31.0 Å².